The van der Waals surface area contributed by atoms with Crippen molar-refractivity contribution < 1.29 is 14.6 Å². The molecule has 26 heavy (non-hydrogen) atoms. The van der Waals surface area contributed by atoms with Crippen LogP contribution in [-0.2, 0) is 15.1 Å². The van der Waals surface area contributed by atoms with Crippen molar-refractivity contribution in [2.75, 3.05) is 49.2 Å². The Labute approximate surface area is 151 Å². The maximum absolute atomic E-state index is 12.0. The zero-order valence-electron chi connectivity index (χ0n) is 14.5. The quantitative estimate of drug-likeness (QED) is 0.848. The van der Waals surface area contributed by atoms with Gasteiger partial charge in [0.15, 0.2) is 5.54 Å². The molecule has 2 aliphatic rings. The molecule has 0 atom stereocenters. The van der Waals surface area contributed by atoms with Crippen LogP contribution >= 0.6 is 0 Å². The Morgan fingerprint density at radius 1 is 1.08 bits per heavy atom. The molecule has 0 amide bonds. The lowest BCUT2D eigenvalue weighted by atomic mass is 9.87. The summed E-state index contributed by atoms with van der Waals surface area (Å²) in [5.74, 6) is 0.888. The second kappa shape index (κ2) is 6.91. The average molecular weight is 358 g/mol. The van der Waals surface area contributed by atoms with E-state index in [-0.39, 0.29) is 0 Å². The summed E-state index contributed by atoms with van der Waals surface area (Å²) >= 11 is 0. The van der Waals surface area contributed by atoms with E-state index in [4.69, 9.17) is 4.74 Å². The molecule has 4 heterocycles. The van der Waals surface area contributed by atoms with Gasteiger partial charge in [0.25, 0.3) is 0 Å². The predicted molar refractivity (Wildman–Crippen MR) is 94.3 cm³/mol. The fourth-order valence-electron chi connectivity index (χ4n) is 3.64. The van der Waals surface area contributed by atoms with Gasteiger partial charge in [0.1, 0.15) is 18.0 Å². The Hall–Kier alpha value is -2.68. The van der Waals surface area contributed by atoms with Crippen LogP contribution in [0.1, 0.15) is 12.8 Å². The highest BCUT2D eigenvalue weighted by Gasteiger charge is 2.44. The fraction of sp³-hybridized carbons (Fsp3) is 0.529. The van der Waals surface area contributed by atoms with E-state index in [0.29, 0.717) is 39.1 Å². The van der Waals surface area contributed by atoms with E-state index in [1.165, 1.54) is 0 Å². The maximum atomic E-state index is 12.0. The summed E-state index contributed by atoms with van der Waals surface area (Å²) in [7, 11) is 0. The Kier molecular flexibility index (Phi) is 4.46. The number of carboxylic acid groups (broad SMARTS) is 1. The highest BCUT2D eigenvalue weighted by molar-refractivity contribution is 5.77. The molecule has 0 radical (unpaired) electrons. The maximum Gasteiger partial charge on any atom is 0.331 e. The first kappa shape index (κ1) is 16.8. The molecule has 2 aromatic rings. The van der Waals surface area contributed by atoms with Crippen LogP contribution in [0.2, 0.25) is 0 Å². The first-order valence-electron chi connectivity index (χ1n) is 8.82. The minimum Gasteiger partial charge on any atom is -0.479 e. The molecule has 2 saturated heterocycles. The van der Waals surface area contributed by atoms with Gasteiger partial charge in [0, 0.05) is 57.5 Å². The van der Waals surface area contributed by atoms with Gasteiger partial charge in [-0.1, -0.05) is 0 Å². The number of ether oxygens (including phenoxy) is 1. The number of hydrogen-bond donors (Lipinski definition) is 1. The van der Waals surface area contributed by atoms with Gasteiger partial charge < -0.3 is 19.6 Å². The Morgan fingerprint density at radius 2 is 1.73 bits per heavy atom. The average Bonchev–Trinajstić information content (AvgIpc) is 3.24. The molecule has 0 unspecified atom stereocenters. The summed E-state index contributed by atoms with van der Waals surface area (Å²) in [6.07, 6.45) is 5.87. The number of carbonyl (C=O) groups is 1. The number of morpholine rings is 1. The molecule has 2 aromatic heterocycles. The van der Waals surface area contributed by atoms with Crippen LogP contribution in [0.25, 0.3) is 0 Å². The number of nitrogens with zero attached hydrogens (tertiary/aromatic N) is 6. The van der Waals surface area contributed by atoms with E-state index in [9.17, 15) is 9.90 Å². The molecule has 1 N–H and O–H groups in total. The SMILES string of the molecule is O=C(O)C1(n2cccn2)CCN(c2cc(N3CCOCC3)ncn2)CC1. The molecular weight excluding hydrogens is 336 g/mol. The van der Waals surface area contributed by atoms with Gasteiger partial charge in [0.2, 0.25) is 0 Å². The number of aliphatic carboxylic acids is 1. The van der Waals surface area contributed by atoms with Gasteiger partial charge in [-0.3, -0.25) is 4.68 Å². The third kappa shape index (κ3) is 2.98. The van der Waals surface area contributed by atoms with E-state index in [1.807, 2.05) is 6.07 Å². The van der Waals surface area contributed by atoms with Crippen LogP contribution in [-0.4, -0.2) is 70.2 Å². The van der Waals surface area contributed by atoms with Crippen LogP contribution in [0.3, 0.4) is 0 Å². The second-order valence-corrected chi connectivity index (χ2v) is 6.61. The first-order valence-corrected chi connectivity index (χ1v) is 8.82. The number of carboxylic acids is 1. The molecule has 4 rings (SSSR count). The standard InChI is InChI=1S/C17H22N6O3/c24-16(25)17(23-5-1-4-20-23)2-6-21(7-3-17)14-12-15(19-13-18-14)22-8-10-26-11-9-22/h1,4-5,12-13H,2-3,6-11H2,(H,24,25). The third-order valence-electron chi connectivity index (χ3n) is 5.23. The van der Waals surface area contributed by atoms with E-state index in [0.717, 1.165) is 24.7 Å². The van der Waals surface area contributed by atoms with Crippen molar-refractivity contribution in [2.45, 2.75) is 18.4 Å². The van der Waals surface area contributed by atoms with Crippen LogP contribution in [0.15, 0.2) is 30.9 Å². The number of anilines is 2. The molecular formula is C17H22N6O3. The molecule has 0 saturated carbocycles. The zero-order valence-corrected chi connectivity index (χ0v) is 14.5. The highest BCUT2D eigenvalue weighted by atomic mass is 16.5. The molecule has 0 aromatic carbocycles. The Bertz CT molecular complexity index is 752. The summed E-state index contributed by atoms with van der Waals surface area (Å²) in [5, 5.41) is 14.0. The van der Waals surface area contributed by atoms with Gasteiger partial charge in [-0.25, -0.2) is 14.8 Å². The van der Waals surface area contributed by atoms with Gasteiger partial charge in [0.05, 0.1) is 13.2 Å². The predicted octanol–water partition coefficient (Wildman–Crippen LogP) is 0.590. The van der Waals surface area contributed by atoms with E-state index in [2.05, 4.69) is 24.9 Å². The fourth-order valence-corrected chi connectivity index (χ4v) is 3.64. The smallest absolute Gasteiger partial charge is 0.331 e. The lowest BCUT2D eigenvalue weighted by Crippen LogP contribution is -2.51. The Balaban J connectivity index is 1.50. The molecule has 9 heteroatoms. The van der Waals surface area contributed by atoms with Gasteiger partial charge in [-0.05, 0) is 6.07 Å². The molecule has 138 valence electrons. The largest absolute Gasteiger partial charge is 0.479 e. The molecule has 0 bridgehead atoms. The molecule has 9 nitrogen and oxygen atoms in total. The first-order chi connectivity index (χ1) is 12.7. The topological polar surface area (TPSA) is 96.6 Å². The molecule has 2 fully saturated rings. The third-order valence-corrected chi connectivity index (χ3v) is 5.23. The van der Waals surface area contributed by atoms with Crippen LogP contribution in [0.4, 0.5) is 11.6 Å². The summed E-state index contributed by atoms with van der Waals surface area (Å²) in [6, 6.07) is 3.74. The molecule has 0 aliphatic carbocycles. The van der Waals surface area contributed by atoms with Gasteiger partial charge in [-0.2, -0.15) is 5.10 Å². The van der Waals surface area contributed by atoms with Crippen LogP contribution in [0, 0.1) is 0 Å². The lowest BCUT2D eigenvalue weighted by Gasteiger charge is -2.39. The van der Waals surface area contributed by atoms with Crippen molar-refractivity contribution in [3.8, 4) is 0 Å². The second-order valence-electron chi connectivity index (χ2n) is 6.61. The summed E-state index contributed by atoms with van der Waals surface area (Å²) in [5.41, 5.74) is -0.986. The van der Waals surface area contributed by atoms with Gasteiger partial charge >= 0.3 is 5.97 Å². The normalized spacial score (nSPS) is 20.2. The minimum absolute atomic E-state index is 0.473. The van der Waals surface area contributed by atoms with Gasteiger partial charge in [-0.15, -0.1) is 0 Å². The van der Waals surface area contributed by atoms with E-state index < -0.39 is 11.5 Å². The van der Waals surface area contributed by atoms with Crippen molar-refractivity contribution in [1.82, 2.24) is 19.7 Å². The van der Waals surface area contributed by atoms with Crippen molar-refractivity contribution >= 4 is 17.6 Å². The number of piperidine rings is 1. The summed E-state index contributed by atoms with van der Waals surface area (Å²) < 4.78 is 6.96. The van der Waals surface area contributed by atoms with E-state index in [1.54, 1.807) is 29.5 Å². The van der Waals surface area contributed by atoms with Crippen LogP contribution < -0.4 is 9.80 Å². The minimum atomic E-state index is -0.986. The monoisotopic (exact) mass is 358 g/mol. The van der Waals surface area contributed by atoms with Crippen molar-refractivity contribution in [2.24, 2.45) is 0 Å². The van der Waals surface area contributed by atoms with E-state index >= 15 is 0 Å². The van der Waals surface area contributed by atoms with Crippen molar-refractivity contribution in [3.05, 3.63) is 30.9 Å². The Morgan fingerprint density at radius 3 is 2.31 bits per heavy atom. The number of hydrogen-bond acceptors (Lipinski definition) is 7. The summed E-state index contributed by atoms with van der Waals surface area (Å²) in [6.45, 7) is 4.25. The molecule has 2 aliphatic heterocycles. The highest BCUT2D eigenvalue weighted by Crippen LogP contribution is 2.32. The molecule has 0 spiro atoms. The zero-order chi connectivity index (χ0) is 18.0. The number of rotatable bonds is 4. The number of aromatic nitrogens is 4. The van der Waals surface area contributed by atoms with Crippen molar-refractivity contribution in [1.29, 1.82) is 0 Å². The lowest BCUT2D eigenvalue weighted by molar-refractivity contribution is -0.149. The van der Waals surface area contributed by atoms with Crippen LogP contribution in [0.5, 0.6) is 0 Å². The van der Waals surface area contributed by atoms with Crippen molar-refractivity contribution in [3.63, 3.8) is 0 Å². The summed E-state index contributed by atoms with van der Waals surface area (Å²) in [4.78, 5) is 25.0.